The Kier molecular flexibility index (Phi) is 14.5. The van der Waals surface area contributed by atoms with Gasteiger partial charge in [0.15, 0.2) is 0 Å². The highest BCUT2D eigenvalue weighted by atomic mass is 35.5. The van der Waals surface area contributed by atoms with Crippen LogP contribution in [0.4, 0.5) is 4.79 Å². The van der Waals surface area contributed by atoms with Gasteiger partial charge in [-0.05, 0) is 73.7 Å². The maximum absolute atomic E-state index is 13.5. The van der Waals surface area contributed by atoms with E-state index in [4.69, 9.17) is 56.0 Å². The summed E-state index contributed by atoms with van der Waals surface area (Å²) in [6.45, 7) is 3.83. The number of likely N-dealkylation sites (tertiary alicyclic amines) is 1. The molecule has 14 heteroatoms. The lowest BCUT2D eigenvalue weighted by Crippen LogP contribution is -2.56. The van der Waals surface area contributed by atoms with Crippen molar-refractivity contribution < 1.29 is 24.0 Å². The molecule has 0 saturated carbocycles. The molecule has 0 aliphatic carbocycles. The van der Waals surface area contributed by atoms with Gasteiger partial charge in [-0.25, -0.2) is 4.79 Å². The molecule has 1 atom stereocenters. The molecule has 2 fully saturated rings. The molecule has 2 aliphatic heterocycles. The molecule has 278 valence electrons. The third-order valence-corrected chi connectivity index (χ3v) is 10.6. The van der Waals surface area contributed by atoms with E-state index in [1.807, 2.05) is 47.4 Å². The van der Waals surface area contributed by atoms with Crippen molar-refractivity contribution in [2.75, 3.05) is 60.0 Å². The summed E-state index contributed by atoms with van der Waals surface area (Å²) in [5.41, 5.74) is 2.81. The lowest BCUT2D eigenvalue weighted by molar-refractivity contribution is -0.146. The van der Waals surface area contributed by atoms with Crippen LogP contribution in [0.3, 0.4) is 0 Å². The molecule has 3 amide bonds. The Balaban J connectivity index is 1.19. The van der Waals surface area contributed by atoms with Gasteiger partial charge in [0.25, 0.3) is 5.91 Å². The Morgan fingerprint density at radius 3 is 2.31 bits per heavy atom. The summed E-state index contributed by atoms with van der Waals surface area (Å²) in [7, 11) is 3.17. The summed E-state index contributed by atoms with van der Waals surface area (Å²) >= 11 is 25.1. The van der Waals surface area contributed by atoms with Gasteiger partial charge in [-0.2, -0.15) is 0 Å². The Morgan fingerprint density at radius 2 is 1.63 bits per heavy atom. The van der Waals surface area contributed by atoms with Crippen LogP contribution < -0.4 is 0 Å². The van der Waals surface area contributed by atoms with Crippen LogP contribution in [0, 0.1) is 0 Å². The number of urea groups is 1. The largest absolute Gasteiger partial charge is 0.459 e. The van der Waals surface area contributed by atoms with Crippen molar-refractivity contribution in [1.82, 2.24) is 19.6 Å². The molecule has 3 aromatic rings. The van der Waals surface area contributed by atoms with Crippen LogP contribution in [0.5, 0.6) is 0 Å². The van der Waals surface area contributed by atoms with Crippen LogP contribution >= 0.6 is 46.4 Å². The number of halogens is 4. The van der Waals surface area contributed by atoms with E-state index in [0.29, 0.717) is 50.9 Å². The summed E-state index contributed by atoms with van der Waals surface area (Å²) in [5.74, 6) is -0.922. The van der Waals surface area contributed by atoms with Crippen molar-refractivity contribution in [3.8, 4) is 0 Å². The first-order valence-electron chi connectivity index (χ1n) is 17.3. The van der Waals surface area contributed by atoms with Gasteiger partial charge in [-0.1, -0.05) is 88.0 Å². The number of hydrogen-bond donors (Lipinski definition) is 0. The molecular formula is C38H43Cl4N5O5. The lowest BCUT2D eigenvalue weighted by atomic mass is 9.89. The molecule has 5 rings (SSSR count). The summed E-state index contributed by atoms with van der Waals surface area (Å²) in [4.78, 5) is 52.2. The average Bonchev–Trinajstić information content (AvgIpc) is 3.13. The minimum absolute atomic E-state index is 0.0594. The van der Waals surface area contributed by atoms with Gasteiger partial charge in [0.05, 0.1) is 22.3 Å². The SMILES string of the molecule is CO/N=C(\CN(C)C(=O)c1cc(Cl)cc(Cl)c1)C(CCN1CCC(N2CCCN(CC(=O)OCc3ccccc3)C2=O)CC1)c1ccc(Cl)c(Cl)c1. The maximum atomic E-state index is 13.5. The molecule has 2 saturated heterocycles. The highest BCUT2D eigenvalue weighted by Gasteiger charge is 2.34. The van der Waals surface area contributed by atoms with E-state index in [2.05, 4.69) is 10.1 Å². The maximum Gasteiger partial charge on any atom is 0.326 e. The van der Waals surface area contributed by atoms with Crippen LogP contribution in [0.15, 0.2) is 71.9 Å². The highest BCUT2D eigenvalue weighted by molar-refractivity contribution is 6.42. The van der Waals surface area contributed by atoms with Crippen molar-refractivity contribution >= 4 is 70.0 Å². The Bertz CT molecular complexity index is 1720. The molecule has 52 heavy (non-hydrogen) atoms. The number of amides is 3. The van der Waals surface area contributed by atoms with E-state index in [-0.39, 0.29) is 43.6 Å². The first kappa shape index (κ1) is 39.7. The third-order valence-electron chi connectivity index (χ3n) is 9.45. The molecule has 0 N–H and O–H groups in total. The van der Waals surface area contributed by atoms with Crippen LogP contribution in [-0.2, 0) is 21.0 Å². The number of oxime groups is 1. The topological polar surface area (TPSA) is 95.0 Å². The molecule has 10 nitrogen and oxygen atoms in total. The highest BCUT2D eigenvalue weighted by Crippen LogP contribution is 2.31. The predicted molar refractivity (Wildman–Crippen MR) is 206 cm³/mol. The van der Waals surface area contributed by atoms with Crippen molar-refractivity contribution in [3.05, 3.63) is 104 Å². The summed E-state index contributed by atoms with van der Waals surface area (Å²) in [5, 5.41) is 6.00. The lowest BCUT2D eigenvalue weighted by Gasteiger charge is -2.43. The van der Waals surface area contributed by atoms with Gasteiger partial charge in [0, 0.05) is 60.8 Å². The van der Waals surface area contributed by atoms with Crippen LogP contribution in [-0.4, -0.2) is 109 Å². The zero-order valence-corrected chi connectivity index (χ0v) is 32.3. The number of piperidine rings is 1. The minimum Gasteiger partial charge on any atom is -0.459 e. The first-order valence-corrected chi connectivity index (χ1v) is 18.8. The van der Waals surface area contributed by atoms with E-state index in [1.54, 1.807) is 41.1 Å². The molecule has 0 radical (unpaired) electrons. The molecule has 3 aromatic carbocycles. The third kappa shape index (κ3) is 10.8. The van der Waals surface area contributed by atoms with E-state index < -0.39 is 5.97 Å². The van der Waals surface area contributed by atoms with Crippen LogP contribution in [0.2, 0.25) is 20.1 Å². The number of benzene rings is 3. The second-order valence-electron chi connectivity index (χ2n) is 13.1. The van der Waals surface area contributed by atoms with E-state index in [1.165, 1.54) is 7.11 Å². The van der Waals surface area contributed by atoms with Crippen molar-refractivity contribution in [2.45, 2.75) is 44.2 Å². The molecule has 0 spiro atoms. The van der Waals surface area contributed by atoms with E-state index in [0.717, 1.165) is 50.0 Å². The van der Waals surface area contributed by atoms with Crippen molar-refractivity contribution in [3.63, 3.8) is 0 Å². The number of hydrogen-bond acceptors (Lipinski definition) is 7. The molecule has 2 heterocycles. The summed E-state index contributed by atoms with van der Waals surface area (Å²) in [6.07, 6.45) is 3.09. The smallest absolute Gasteiger partial charge is 0.326 e. The average molecular weight is 792 g/mol. The van der Waals surface area contributed by atoms with Crippen LogP contribution in [0.25, 0.3) is 0 Å². The molecule has 0 bridgehead atoms. The number of rotatable bonds is 14. The minimum atomic E-state index is -0.411. The zero-order valence-electron chi connectivity index (χ0n) is 29.3. The Morgan fingerprint density at radius 1 is 0.923 bits per heavy atom. The van der Waals surface area contributed by atoms with E-state index >= 15 is 0 Å². The quantitative estimate of drug-likeness (QED) is 0.0938. The second kappa shape index (κ2) is 19.0. The van der Waals surface area contributed by atoms with Crippen molar-refractivity contribution in [2.24, 2.45) is 5.16 Å². The van der Waals surface area contributed by atoms with Crippen LogP contribution in [0.1, 0.15) is 53.1 Å². The normalized spacial score (nSPS) is 16.5. The fraction of sp³-hybridized carbons (Fsp3) is 0.421. The number of esters is 1. The number of ether oxygens (including phenoxy) is 1. The first-order chi connectivity index (χ1) is 25.0. The molecule has 0 aromatic heterocycles. The zero-order chi connectivity index (χ0) is 37.2. The van der Waals surface area contributed by atoms with Gasteiger partial charge >= 0.3 is 12.0 Å². The second-order valence-corrected chi connectivity index (χ2v) is 14.8. The van der Waals surface area contributed by atoms with Gasteiger partial charge in [0.1, 0.15) is 20.3 Å². The van der Waals surface area contributed by atoms with Crippen molar-refractivity contribution in [1.29, 1.82) is 0 Å². The molecular weight excluding hydrogens is 748 g/mol. The summed E-state index contributed by atoms with van der Waals surface area (Å²) < 4.78 is 5.44. The Labute approximate surface area is 325 Å². The monoisotopic (exact) mass is 789 g/mol. The van der Waals surface area contributed by atoms with Gasteiger partial charge < -0.3 is 29.2 Å². The molecule has 2 aliphatic rings. The predicted octanol–water partition coefficient (Wildman–Crippen LogP) is 7.88. The molecule has 1 unspecified atom stereocenters. The number of carbonyl (C=O) groups is 3. The van der Waals surface area contributed by atoms with Gasteiger partial charge in [0.2, 0.25) is 0 Å². The standard InChI is InChI=1S/C38H43Cl4N5O5/c1-44(37(49)28-19-29(39)22-30(40)20-28)23-35(43-51-2)32(27-9-10-33(41)34(42)21-27)13-18-45-16-11-31(12-17-45)47-15-6-14-46(38(47)50)24-36(48)52-25-26-7-4-3-5-8-26/h3-5,7-10,19-22,31-32H,6,11-18,23-25H2,1-2H3/b43-35+. The fourth-order valence-electron chi connectivity index (χ4n) is 6.78. The van der Waals surface area contributed by atoms with E-state index in [9.17, 15) is 14.4 Å². The summed E-state index contributed by atoms with van der Waals surface area (Å²) in [6, 6.07) is 19.7. The number of carbonyl (C=O) groups excluding carboxylic acids is 3. The van der Waals surface area contributed by atoms with Gasteiger partial charge in [-0.3, -0.25) is 9.59 Å². The fourth-order valence-corrected chi connectivity index (χ4v) is 7.62. The number of nitrogens with zero attached hydrogens (tertiary/aromatic N) is 5. The van der Waals surface area contributed by atoms with Gasteiger partial charge in [-0.15, -0.1) is 0 Å². The Hall–Kier alpha value is -3.54.